The van der Waals surface area contributed by atoms with Crippen molar-refractivity contribution in [3.05, 3.63) is 30.3 Å². The van der Waals surface area contributed by atoms with Crippen molar-refractivity contribution in [2.45, 2.75) is 38.2 Å². The molecule has 2 aliphatic rings. The lowest BCUT2D eigenvalue weighted by Gasteiger charge is -2.29. The van der Waals surface area contributed by atoms with Gasteiger partial charge in [-0.25, -0.2) is 0 Å². The Morgan fingerprint density at radius 1 is 1.33 bits per heavy atom. The fraction of sp³-hybridized carbons (Fsp3) is 0.588. The maximum atomic E-state index is 11.8. The Kier molecular flexibility index (Phi) is 4.15. The van der Waals surface area contributed by atoms with E-state index in [4.69, 9.17) is 9.47 Å². The van der Waals surface area contributed by atoms with Crippen LogP contribution in [0.2, 0.25) is 0 Å². The monoisotopic (exact) mass is 290 g/mol. The molecule has 2 fully saturated rings. The summed E-state index contributed by atoms with van der Waals surface area (Å²) >= 11 is 0. The summed E-state index contributed by atoms with van der Waals surface area (Å²) in [5.74, 6) is 0.596. The zero-order valence-electron chi connectivity index (χ0n) is 12.2. The Bertz CT molecular complexity index is 483. The second kappa shape index (κ2) is 6.06. The predicted octanol–water partition coefficient (Wildman–Crippen LogP) is 3.12. The maximum Gasteiger partial charge on any atom is 0.312 e. The van der Waals surface area contributed by atoms with Gasteiger partial charge in [-0.3, -0.25) is 4.79 Å². The third-order valence-corrected chi connectivity index (χ3v) is 4.65. The summed E-state index contributed by atoms with van der Waals surface area (Å²) in [6, 6.07) is 9.64. The number of benzene rings is 1. The van der Waals surface area contributed by atoms with Crippen molar-refractivity contribution in [1.82, 2.24) is 0 Å². The minimum absolute atomic E-state index is 0.0910. The Hall–Kier alpha value is -1.55. The van der Waals surface area contributed by atoms with Gasteiger partial charge >= 0.3 is 5.97 Å². The number of ether oxygens (including phenoxy) is 2. The van der Waals surface area contributed by atoms with Crippen LogP contribution in [0.15, 0.2) is 30.3 Å². The van der Waals surface area contributed by atoms with E-state index in [0.717, 1.165) is 25.0 Å². The molecule has 0 aromatic heterocycles. The molecule has 0 spiro atoms. The lowest BCUT2D eigenvalue weighted by Crippen LogP contribution is -2.40. The number of carboxylic acid groups (broad SMARTS) is 1. The van der Waals surface area contributed by atoms with Crippen LogP contribution in [0.3, 0.4) is 0 Å². The Labute approximate surface area is 125 Å². The molecule has 1 heterocycles. The standard InChI is InChI=1S/C17H22O4/c18-16(19)17(10-12-21-15(17)13-7-8-13)9-4-11-20-14-5-2-1-3-6-14/h1-3,5-6,13,15H,4,7-12H2,(H,18,19). The number of hydrogen-bond donors (Lipinski definition) is 1. The SMILES string of the molecule is O=C(O)C1(CCCOc2ccccc2)CCOC1C1CC1. The number of carbonyl (C=O) groups is 1. The van der Waals surface area contributed by atoms with Gasteiger partial charge in [-0.1, -0.05) is 18.2 Å². The molecular weight excluding hydrogens is 268 g/mol. The maximum absolute atomic E-state index is 11.8. The largest absolute Gasteiger partial charge is 0.494 e. The van der Waals surface area contributed by atoms with Crippen molar-refractivity contribution >= 4 is 5.97 Å². The number of rotatable bonds is 7. The molecular formula is C17H22O4. The van der Waals surface area contributed by atoms with Crippen LogP contribution in [0.5, 0.6) is 5.75 Å². The fourth-order valence-corrected chi connectivity index (χ4v) is 3.35. The first-order chi connectivity index (χ1) is 10.2. The van der Waals surface area contributed by atoms with Gasteiger partial charge in [0.1, 0.15) is 5.75 Å². The number of carboxylic acids is 1. The van der Waals surface area contributed by atoms with E-state index in [2.05, 4.69) is 0 Å². The first-order valence-corrected chi connectivity index (χ1v) is 7.75. The average Bonchev–Trinajstić information content (AvgIpc) is 3.25. The fourth-order valence-electron chi connectivity index (χ4n) is 3.35. The summed E-state index contributed by atoms with van der Waals surface area (Å²) in [5, 5.41) is 9.71. The average molecular weight is 290 g/mol. The minimum Gasteiger partial charge on any atom is -0.494 e. The molecule has 1 aromatic rings. The molecule has 0 amide bonds. The van der Waals surface area contributed by atoms with Gasteiger partial charge in [-0.15, -0.1) is 0 Å². The summed E-state index contributed by atoms with van der Waals surface area (Å²) in [6.07, 6.45) is 4.14. The minimum atomic E-state index is -0.698. The Morgan fingerprint density at radius 3 is 2.76 bits per heavy atom. The molecule has 2 atom stereocenters. The van der Waals surface area contributed by atoms with Crippen LogP contribution in [0, 0.1) is 11.3 Å². The van der Waals surface area contributed by atoms with Crippen molar-refractivity contribution in [2.75, 3.05) is 13.2 Å². The van der Waals surface area contributed by atoms with Gasteiger partial charge in [-0.05, 0) is 50.2 Å². The van der Waals surface area contributed by atoms with Gasteiger partial charge in [0.2, 0.25) is 0 Å². The molecule has 1 saturated heterocycles. The molecule has 0 bridgehead atoms. The molecule has 3 rings (SSSR count). The van der Waals surface area contributed by atoms with E-state index in [1.807, 2.05) is 30.3 Å². The topological polar surface area (TPSA) is 55.8 Å². The molecule has 1 aliphatic carbocycles. The second-order valence-corrected chi connectivity index (χ2v) is 6.11. The molecule has 1 aliphatic heterocycles. The van der Waals surface area contributed by atoms with E-state index in [0.29, 0.717) is 32.0 Å². The third-order valence-electron chi connectivity index (χ3n) is 4.65. The van der Waals surface area contributed by atoms with Crippen molar-refractivity contribution in [2.24, 2.45) is 11.3 Å². The summed E-state index contributed by atoms with van der Waals surface area (Å²) in [4.78, 5) is 11.8. The molecule has 1 aromatic carbocycles. The van der Waals surface area contributed by atoms with E-state index in [1.54, 1.807) is 0 Å². The van der Waals surface area contributed by atoms with Gasteiger partial charge in [0, 0.05) is 6.61 Å². The van der Waals surface area contributed by atoms with Crippen LogP contribution in [0.4, 0.5) is 0 Å². The van der Waals surface area contributed by atoms with Crippen LogP contribution in [-0.2, 0) is 9.53 Å². The van der Waals surface area contributed by atoms with E-state index < -0.39 is 11.4 Å². The quantitative estimate of drug-likeness (QED) is 0.784. The highest BCUT2D eigenvalue weighted by molar-refractivity contribution is 5.76. The summed E-state index contributed by atoms with van der Waals surface area (Å²) in [7, 11) is 0. The summed E-state index contributed by atoms with van der Waals surface area (Å²) in [5.41, 5.74) is -0.693. The van der Waals surface area contributed by atoms with Crippen LogP contribution in [0.25, 0.3) is 0 Å². The smallest absolute Gasteiger partial charge is 0.312 e. The van der Waals surface area contributed by atoms with E-state index >= 15 is 0 Å². The highest BCUT2D eigenvalue weighted by Crippen LogP contribution is 2.50. The molecule has 1 N–H and O–H groups in total. The zero-order valence-corrected chi connectivity index (χ0v) is 12.2. The molecule has 0 radical (unpaired) electrons. The van der Waals surface area contributed by atoms with E-state index in [1.165, 1.54) is 0 Å². The summed E-state index contributed by atoms with van der Waals surface area (Å²) in [6.45, 7) is 1.13. The first-order valence-electron chi connectivity index (χ1n) is 7.75. The highest BCUT2D eigenvalue weighted by atomic mass is 16.5. The molecule has 1 saturated carbocycles. The third kappa shape index (κ3) is 3.05. The zero-order chi connectivity index (χ0) is 14.7. The summed E-state index contributed by atoms with van der Waals surface area (Å²) < 4.78 is 11.4. The van der Waals surface area contributed by atoms with Crippen LogP contribution in [-0.4, -0.2) is 30.4 Å². The van der Waals surface area contributed by atoms with Crippen LogP contribution in [0.1, 0.15) is 32.1 Å². The Morgan fingerprint density at radius 2 is 2.10 bits per heavy atom. The van der Waals surface area contributed by atoms with Gasteiger partial charge in [0.05, 0.1) is 18.1 Å². The molecule has 4 heteroatoms. The van der Waals surface area contributed by atoms with Crippen molar-refractivity contribution < 1.29 is 19.4 Å². The predicted molar refractivity (Wildman–Crippen MR) is 78.3 cm³/mol. The van der Waals surface area contributed by atoms with Crippen molar-refractivity contribution in [3.63, 3.8) is 0 Å². The van der Waals surface area contributed by atoms with Crippen molar-refractivity contribution in [3.8, 4) is 5.75 Å². The van der Waals surface area contributed by atoms with Crippen LogP contribution < -0.4 is 4.74 Å². The lowest BCUT2D eigenvalue weighted by atomic mass is 9.75. The first kappa shape index (κ1) is 14.4. The van der Waals surface area contributed by atoms with Gasteiger partial charge in [-0.2, -0.15) is 0 Å². The van der Waals surface area contributed by atoms with E-state index in [9.17, 15) is 9.90 Å². The van der Waals surface area contributed by atoms with Gasteiger partial charge in [0.15, 0.2) is 0 Å². The van der Waals surface area contributed by atoms with E-state index in [-0.39, 0.29) is 6.10 Å². The Balaban J connectivity index is 1.55. The second-order valence-electron chi connectivity index (χ2n) is 6.11. The number of para-hydroxylation sites is 1. The number of aliphatic carboxylic acids is 1. The highest BCUT2D eigenvalue weighted by Gasteiger charge is 2.55. The normalized spacial score (nSPS) is 28.5. The van der Waals surface area contributed by atoms with Crippen molar-refractivity contribution in [1.29, 1.82) is 0 Å². The van der Waals surface area contributed by atoms with Gasteiger partial charge < -0.3 is 14.6 Å². The molecule has 2 unspecified atom stereocenters. The van der Waals surface area contributed by atoms with Crippen LogP contribution >= 0.6 is 0 Å². The molecule has 114 valence electrons. The molecule has 21 heavy (non-hydrogen) atoms. The van der Waals surface area contributed by atoms with Gasteiger partial charge in [0.25, 0.3) is 0 Å². The number of hydrogen-bond acceptors (Lipinski definition) is 3. The molecule has 4 nitrogen and oxygen atoms in total. The lowest BCUT2D eigenvalue weighted by molar-refractivity contribution is -0.154.